The molecular weight excluding hydrogens is 360 g/mol. The smallest absolute Gasteiger partial charge is 0.269 e. The summed E-state index contributed by atoms with van der Waals surface area (Å²) in [4.78, 5) is 38.5. The summed E-state index contributed by atoms with van der Waals surface area (Å²) >= 11 is 0. The first-order valence-corrected chi connectivity index (χ1v) is 8.59. The molecule has 0 spiro atoms. The number of nitrogens with one attached hydrogen (secondary N) is 1. The van der Waals surface area contributed by atoms with Crippen LogP contribution >= 0.6 is 12.4 Å². The number of hydrogen-bond donors (Lipinski definition) is 1. The van der Waals surface area contributed by atoms with Gasteiger partial charge >= 0.3 is 0 Å². The Labute approximate surface area is 158 Å². The first kappa shape index (κ1) is 20.1. The van der Waals surface area contributed by atoms with E-state index in [0.717, 1.165) is 19.4 Å². The third kappa shape index (κ3) is 4.70. The van der Waals surface area contributed by atoms with Gasteiger partial charge in [0.05, 0.1) is 4.92 Å². The van der Waals surface area contributed by atoms with E-state index in [9.17, 15) is 19.7 Å². The lowest BCUT2D eigenvalue weighted by Crippen LogP contribution is -2.51. The highest BCUT2D eigenvalue weighted by Crippen LogP contribution is 2.16. The molecule has 0 aromatic heterocycles. The summed E-state index contributed by atoms with van der Waals surface area (Å²) in [5.41, 5.74) is 0.396. The first-order valence-electron chi connectivity index (χ1n) is 8.59. The van der Waals surface area contributed by atoms with E-state index in [4.69, 9.17) is 0 Å². The SMILES string of the molecule is Cl.O=C(CC1CCCN1)N1CCN(C(=O)c2ccc([N+](=O)[O-])cc2)CC1. The predicted molar refractivity (Wildman–Crippen MR) is 98.5 cm³/mol. The quantitative estimate of drug-likeness (QED) is 0.628. The molecule has 0 saturated carbocycles. The summed E-state index contributed by atoms with van der Waals surface area (Å²) in [6.45, 7) is 3.02. The highest BCUT2D eigenvalue weighted by molar-refractivity contribution is 5.94. The average molecular weight is 383 g/mol. The van der Waals surface area contributed by atoms with E-state index in [1.807, 2.05) is 4.90 Å². The van der Waals surface area contributed by atoms with Gasteiger partial charge in [-0.1, -0.05) is 0 Å². The number of halogens is 1. The van der Waals surface area contributed by atoms with Gasteiger partial charge in [0.25, 0.3) is 11.6 Å². The van der Waals surface area contributed by atoms with Crippen LogP contribution < -0.4 is 5.32 Å². The van der Waals surface area contributed by atoms with Gasteiger partial charge in [0.15, 0.2) is 0 Å². The molecule has 0 aliphatic carbocycles. The Morgan fingerprint density at radius 3 is 2.27 bits per heavy atom. The van der Waals surface area contributed by atoms with Crippen molar-refractivity contribution in [1.29, 1.82) is 0 Å². The average Bonchev–Trinajstić information content (AvgIpc) is 3.14. The third-order valence-corrected chi connectivity index (χ3v) is 4.83. The van der Waals surface area contributed by atoms with Crippen molar-refractivity contribution in [3.63, 3.8) is 0 Å². The number of carbonyl (C=O) groups excluding carboxylic acids is 2. The number of rotatable bonds is 4. The number of carbonyl (C=O) groups is 2. The van der Waals surface area contributed by atoms with Crippen molar-refractivity contribution in [3.05, 3.63) is 39.9 Å². The van der Waals surface area contributed by atoms with Gasteiger partial charge in [-0.05, 0) is 31.5 Å². The van der Waals surface area contributed by atoms with Gasteiger partial charge in [0, 0.05) is 56.3 Å². The number of benzene rings is 1. The molecule has 3 rings (SSSR count). The topological polar surface area (TPSA) is 95.8 Å². The molecule has 0 radical (unpaired) electrons. The van der Waals surface area contributed by atoms with Gasteiger partial charge in [-0.2, -0.15) is 0 Å². The second-order valence-corrected chi connectivity index (χ2v) is 6.47. The van der Waals surface area contributed by atoms with Crippen LogP contribution in [0.25, 0.3) is 0 Å². The Balaban J connectivity index is 0.00000243. The maximum absolute atomic E-state index is 12.5. The lowest BCUT2D eigenvalue weighted by molar-refractivity contribution is -0.384. The minimum atomic E-state index is -0.488. The number of piperazine rings is 1. The normalized spacial score (nSPS) is 19.8. The maximum atomic E-state index is 12.5. The van der Waals surface area contributed by atoms with Gasteiger partial charge in [0.1, 0.15) is 0 Å². The number of non-ortho nitro benzene ring substituents is 1. The number of hydrogen-bond acceptors (Lipinski definition) is 5. The molecular formula is C17H23ClN4O4. The number of nitro groups is 1. The van der Waals surface area contributed by atoms with Crippen molar-refractivity contribution >= 4 is 29.9 Å². The van der Waals surface area contributed by atoms with Gasteiger partial charge < -0.3 is 15.1 Å². The Morgan fingerprint density at radius 2 is 1.73 bits per heavy atom. The summed E-state index contributed by atoms with van der Waals surface area (Å²) in [5, 5.41) is 14.0. The van der Waals surface area contributed by atoms with Gasteiger partial charge in [0.2, 0.25) is 5.91 Å². The van der Waals surface area contributed by atoms with E-state index < -0.39 is 4.92 Å². The molecule has 2 amide bonds. The molecule has 142 valence electrons. The fourth-order valence-electron chi connectivity index (χ4n) is 3.34. The third-order valence-electron chi connectivity index (χ3n) is 4.83. The standard InChI is InChI=1S/C17H22N4O4.ClH/c22-16(12-14-2-1-7-18-14)19-8-10-20(11-9-19)17(23)13-3-5-15(6-4-13)21(24)25;/h3-6,14,18H,1-2,7-12H2;1H. The fraction of sp³-hybridized carbons (Fsp3) is 0.529. The van der Waals surface area contributed by atoms with E-state index in [-0.39, 0.29) is 36.0 Å². The Bertz CT molecular complexity index is 653. The van der Waals surface area contributed by atoms with Crippen molar-refractivity contribution in [2.24, 2.45) is 0 Å². The highest BCUT2D eigenvalue weighted by atomic mass is 35.5. The van der Waals surface area contributed by atoms with E-state index in [2.05, 4.69) is 5.32 Å². The zero-order valence-corrected chi connectivity index (χ0v) is 15.2. The highest BCUT2D eigenvalue weighted by Gasteiger charge is 2.27. The van der Waals surface area contributed by atoms with Crippen molar-refractivity contribution < 1.29 is 14.5 Å². The lowest BCUT2D eigenvalue weighted by Gasteiger charge is -2.35. The van der Waals surface area contributed by atoms with Crippen LogP contribution in [0.3, 0.4) is 0 Å². The molecule has 1 aromatic carbocycles. The second-order valence-electron chi connectivity index (χ2n) is 6.47. The fourth-order valence-corrected chi connectivity index (χ4v) is 3.34. The maximum Gasteiger partial charge on any atom is 0.269 e. The van der Waals surface area contributed by atoms with Gasteiger partial charge in [-0.15, -0.1) is 12.4 Å². The Kier molecular flexibility index (Phi) is 6.93. The second kappa shape index (κ2) is 8.95. The number of nitrogens with zero attached hydrogens (tertiary/aromatic N) is 3. The monoisotopic (exact) mass is 382 g/mol. The summed E-state index contributed by atoms with van der Waals surface area (Å²) in [6, 6.07) is 5.91. The van der Waals surface area contributed by atoms with Crippen molar-refractivity contribution in [2.75, 3.05) is 32.7 Å². The minimum absolute atomic E-state index is 0. The van der Waals surface area contributed by atoms with Crippen LogP contribution in [0.2, 0.25) is 0 Å². The minimum Gasteiger partial charge on any atom is -0.339 e. The van der Waals surface area contributed by atoms with Gasteiger partial charge in [-0.25, -0.2) is 0 Å². The zero-order valence-electron chi connectivity index (χ0n) is 14.4. The predicted octanol–water partition coefficient (Wildman–Crippen LogP) is 1.44. The molecule has 1 N–H and O–H groups in total. The molecule has 1 atom stereocenters. The molecule has 2 heterocycles. The molecule has 1 unspecified atom stereocenters. The number of amides is 2. The molecule has 1 aromatic rings. The molecule has 2 fully saturated rings. The summed E-state index contributed by atoms with van der Waals surface area (Å²) in [7, 11) is 0. The van der Waals surface area contributed by atoms with Crippen LogP contribution in [0.4, 0.5) is 5.69 Å². The van der Waals surface area contributed by atoms with E-state index in [1.54, 1.807) is 4.90 Å². The van der Waals surface area contributed by atoms with E-state index in [0.29, 0.717) is 38.2 Å². The van der Waals surface area contributed by atoms with Crippen LogP contribution in [-0.4, -0.2) is 65.3 Å². The van der Waals surface area contributed by atoms with Crippen LogP contribution in [-0.2, 0) is 4.79 Å². The van der Waals surface area contributed by atoms with Crippen molar-refractivity contribution in [2.45, 2.75) is 25.3 Å². The molecule has 2 saturated heterocycles. The molecule has 8 nitrogen and oxygen atoms in total. The summed E-state index contributed by atoms with van der Waals surface area (Å²) in [5.74, 6) is -0.0127. The summed E-state index contributed by atoms with van der Waals surface area (Å²) in [6.07, 6.45) is 2.69. The summed E-state index contributed by atoms with van der Waals surface area (Å²) < 4.78 is 0. The lowest BCUT2D eigenvalue weighted by atomic mass is 10.1. The van der Waals surface area contributed by atoms with Crippen LogP contribution in [0, 0.1) is 10.1 Å². The van der Waals surface area contributed by atoms with Crippen LogP contribution in [0.1, 0.15) is 29.6 Å². The molecule has 2 aliphatic rings. The van der Waals surface area contributed by atoms with Crippen molar-refractivity contribution in [1.82, 2.24) is 15.1 Å². The molecule has 26 heavy (non-hydrogen) atoms. The first-order chi connectivity index (χ1) is 12.0. The largest absolute Gasteiger partial charge is 0.339 e. The molecule has 2 aliphatic heterocycles. The Hall–Kier alpha value is -2.19. The van der Waals surface area contributed by atoms with Crippen LogP contribution in [0.5, 0.6) is 0 Å². The number of nitro benzene ring substituents is 1. The van der Waals surface area contributed by atoms with Gasteiger partial charge in [-0.3, -0.25) is 19.7 Å². The molecule has 0 bridgehead atoms. The van der Waals surface area contributed by atoms with E-state index >= 15 is 0 Å². The van der Waals surface area contributed by atoms with Crippen molar-refractivity contribution in [3.8, 4) is 0 Å². The zero-order chi connectivity index (χ0) is 17.8. The van der Waals surface area contributed by atoms with E-state index in [1.165, 1.54) is 24.3 Å². The Morgan fingerprint density at radius 1 is 1.12 bits per heavy atom. The van der Waals surface area contributed by atoms with Crippen LogP contribution in [0.15, 0.2) is 24.3 Å². The molecule has 9 heteroatoms.